The second-order valence-electron chi connectivity index (χ2n) is 3.36. The molecule has 13 heavy (non-hydrogen) atoms. The number of nitrogens with zero attached hydrogens (tertiary/aromatic N) is 1. The number of rotatable bonds is 2. The first-order chi connectivity index (χ1) is 6.31. The molecule has 1 atom stereocenters. The van der Waals surface area contributed by atoms with Gasteiger partial charge in [-0.15, -0.1) is 11.3 Å². The Hall–Kier alpha value is -0.450. The highest BCUT2D eigenvalue weighted by Crippen LogP contribution is 2.28. The zero-order valence-electron chi connectivity index (χ0n) is 7.71. The van der Waals surface area contributed by atoms with E-state index in [1.165, 1.54) is 17.7 Å². The molecule has 1 aromatic rings. The van der Waals surface area contributed by atoms with Gasteiger partial charge in [-0.25, -0.2) is 4.98 Å². The van der Waals surface area contributed by atoms with Crippen LogP contribution in [-0.4, -0.2) is 16.6 Å². The first-order valence-corrected chi connectivity index (χ1v) is 5.43. The van der Waals surface area contributed by atoms with Crippen LogP contribution in [-0.2, 0) is 6.61 Å². The van der Waals surface area contributed by atoms with E-state index in [0.29, 0.717) is 6.04 Å². The maximum absolute atomic E-state index is 8.95. The van der Waals surface area contributed by atoms with Crippen LogP contribution in [0.25, 0.3) is 0 Å². The normalized spacial score (nSPS) is 22.5. The van der Waals surface area contributed by atoms with Crippen LogP contribution in [0.15, 0.2) is 0 Å². The van der Waals surface area contributed by atoms with Crippen molar-refractivity contribution in [3.8, 4) is 0 Å². The summed E-state index contributed by atoms with van der Waals surface area (Å²) in [7, 11) is 0. The van der Waals surface area contributed by atoms with E-state index < -0.39 is 0 Å². The highest BCUT2D eigenvalue weighted by Gasteiger charge is 2.21. The first kappa shape index (κ1) is 9.12. The Bertz CT molecular complexity index is 292. The number of nitrogens with one attached hydrogen (secondary N) is 1. The van der Waals surface area contributed by atoms with Crippen molar-refractivity contribution in [2.45, 2.75) is 32.4 Å². The second-order valence-corrected chi connectivity index (χ2v) is 4.64. The van der Waals surface area contributed by atoms with E-state index in [1.54, 1.807) is 11.3 Å². The first-order valence-electron chi connectivity index (χ1n) is 4.61. The lowest BCUT2D eigenvalue weighted by Crippen LogP contribution is -2.14. The van der Waals surface area contributed by atoms with Crippen molar-refractivity contribution in [1.29, 1.82) is 0 Å². The molecule has 1 fully saturated rings. The van der Waals surface area contributed by atoms with E-state index in [9.17, 15) is 0 Å². The summed E-state index contributed by atoms with van der Waals surface area (Å²) in [4.78, 5) is 5.66. The van der Waals surface area contributed by atoms with Gasteiger partial charge in [-0.2, -0.15) is 0 Å². The minimum Gasteiger partial charge on any atom is -0.389 e. The van der Waals surface area contributed by atoms with Gasteiger partial charge in [0.15, 0.2) is 0 Å². The van der Waals surface area contributed by atoms with E-state index >= 15 is 0 Å². The van der Waals surface area contributed by atoms with Crippen molar-refractivity contribution in [2.75, 3.05) is 6.54 Å². The summed E-state index contributed by atoms with van der Waals surface area (Å²) in [6, 6.07) is 0.427. The van der Waals surface area contributed by atoms with E-state index in [4.69, 9.17) is 5.11 Å². The Balaban J connectivity index is 2.22. The van der Waals surface area contributed by atoms with Crippen LogP contribution < -0.4 is 5.32 Å². The van der Waals surface area contributed by atoms with E-state index in [2.05, 4.69) is 17.2 Å². The lowest BCUT2D eigenvalue weighted by atomic mass is 10.1. The SMILES string of the molecule is Cc1sc(CO)nc1C1CCCN1. The van der Waals surface area contributed by atoms with Crippen LogP contribution >= 0.6 is 11.3 Å². The largest absolute Gasteiger partial charge is 0.389 e. The number of hydrogen-bond donors (Lipinski definition) is 2. The zero-order chi connectivity index (χ0) is 9.26. The molecule has 0 aromatic carbocycles. The standard InChI is InChI=1S/C9H14N2OS/c1-6-9(7-3-2-4-10-7)11-8(5-12)13-6/h7,10,12H,2-5H2,1H3. The minimum atomic E-state index is 0.0677. The fourth-order valence-electron chi connectivity index (χ4n) is 1.77. The quantitative estimate of drug-likeness (QED) is 0.754. The van der Waals surface area contributed by atoms with Crippen LogP contribution in [0.5, 0.6) is 0 Å². The third-order valence-corrected chi connectivity index (χ3v) is 3.37. The number of aliphatic hydroxyl groups excluding tert-OH is 1. The van der Waals surface area contributed by atoms with Gasteiger partial charge in [0, 0.05) is 4.88 Å². The van der Waals surface area contributed by atoms with Gasteiger partial charge in [0.05, 0.1) is 18.3 Å². The molecule has 0 saturated carbocycles. The van der Waals surface area contributed by atoms with Crippen molar-refractivity contribution in [1.82, 2.24) is 10.3 Å². The van der Waals surface area contributed by atoms with Gasteiger partial charge in [0.1, 0.15) is 5.01 Å². The Morgan fingerprint density at radius 2 is 2.54 bits per heavy atom. The molecule has 3 nitrogen and oxygen atoms in total. The molecule has 72 valence electrons. The predicted molar refractivity (Wildman–Crippen MR) is 52.8 cm³/mol. The topological polar surface area (TPSA) is 45.2 Å². The maximum atomic E-state index is 8.95. The molecule has 1 unspecified atom stereocenters. The summed E-state index contributed by atoms with van der Waals surface area (Å²) in [5.74, 6) is 0. The fourth-order valence-corrected chi connectivity index (χ4v) is 2.63. The molecule has 0 aliphatic carbocycles. The maximum Gasteiger partial charge on any atom is 0.119 e. The smallest absolute Gasteiger partial charge is 0.119 e. The van der Waals surface area contributed by atoms with Crippen molar-refractivity contribution in [3.05, 3.63) is 15.6 Å². The molecular formula is C9H14N2OS. The average Bonchev–Trinajstić information content (AvgIpc) is 2.72. The lowest BCUT2D eigenvalue weighted by molar-refractivity contribution is 0.280. The van der Waals surface area contributed by atoms with Crippen LogP contribution in [0.1, 0.15) is 34.5 Å². The Kier molecular flexibility index (Phi) is 2.62. The number of thiazole rings is 1. The van der Waals surface area contributed by atoms with Gasteiger partial charge in [-0.05, 0) is 26.3 Å². The number of hydrogen-bond acceptors (Lipinski definition) is 4. The van der Waals surface area contributed by atoms with Gasteiger partial charge in [0.25, 0.3) is 0 Å². The summed E-state index contributed by atoms with van der Waals surface area (Å²) < 4.78 is 0. The lowest BCUT2D eigenvalue weighted by Gasteiger charge is -2.06. The molecule has 1 aliphatic rings. The van der Waals surface area contributed by atoms with Crippen molar-refractivity contribution in [2.24, 2.45) is 0 Å². The van der Waals surface area contributed by atoms with Crippen LogP contribution in [0, 0.1) is 6.92 Å². The zero-order valence-corrected chi connectivity index (χ0v) is 8.52. The van der Waals surface area contributed by atoms with E-state index in [0.717, 1.165) is 17.2 Å². The molecule has 0 radical (unpaired) electrons. The summed E-state index contributed by atoms with van der Waals surface area (Å²) >= 11 is 1.60. The monoisotopic (exact) mass is 198 g/mol. The average molecular weight is 198 g/mol. The fraction of sp³-hybridized carbons (Fsp3) is 0.667. The molecule has 0 amide bonds. The number of aryl methyl sites for hydroxylation is 1. The molecule has 0 spiro atoms. The molecule has 2 rings (SSSR count). The molecule has 0 bridgehead atoms. The summed E-state index contributed by atoms with van der Waals surface area (Å²) in [5, 5.41) is 13.2. The third kappa shape index (κ3) is 1.75. The molecule has 1 saturated heterocycles. The Morgan fingerprint density at radius 1 is 1.69 bits per heavy atom. The van der Waals surface area contributed by atoms with Crippen LogP contribution in [0.2, 0.25) is 0 Å². The van der Waals surface area contributed by atoms with Crippen LogP contribution in [0.3, 0.4) is 0 Å². The highest BCUT2D eigenvalue weighted by molar-refractivity contribution is 7.11. The van der Waals surface area contributed by atoms with Gasteiger partial charge in [-0.3, -0.25) is 0 Å². The Labute approximate surface area is 81.8 Å². The third-order valence-electron chi connectivity index (χ3n) is 2.40. The molecule has 2 N–H and O–H groups in total. The summed E-state index contributed by atoms with van der Waals surface area (Å²) in [5.41, 5.74) is 1.14. The van der Waals surface area contributed by atoms with Gasteiger partial charge in [-0.1, -0.05) is 0 Å². The summed E-state index contributed by atoms with van der Waals surface area (Å²) in [6.07, 6.45) is 2.41. The van der Waals surface area contributed by atoms with Crippen LogP contribution in [0.4, 0.5) is 0 Å². The van der Waals surface area contributed by atoms with Gasteiger partial charge in [0.2, 0.25) is 0 Å². The van der Waals surface area contributed by atoms with Crippen molar-refractivity contribution >= 4 is 11.3 Å². The van der Waals surface area contributed by atoms with E-state index in [1.807, 2.05) is 0 Å². The number of aliphatic hydroxyl groups is 1. The molecular weight excluding hydrogens is 184 g/mol. The summed E-state index contributed by atoms with van der Waals surface area (Å²) in [6.45, 7) is 3.24. The Morgan fingerprint density at radius 3 is 3.08 bits per heavy atom. The number of aromatic nitrogens is 1. The minimum absolute atomic E-state index is 0.0677. The molecule has 2 heterocycles. The molecule has 4 heteroatoms. The highest BCUT2D eigenvalue weighted by atomic mass is 32.1. The van der Waals surface area contributed by atoms with Gasteiger partial charge < -0.3 is 10.4 Å². The molecule has 1 aromatic heterocycles. The van der Waals surface area contributed by atoms with E-state index in [-0.39, 0.29) is 6.61 Å². The molecule has 1 aliphatic heterocycles. The second kappa shape index (κ2) is 3.74. The van der Waals surface area contributed by atoms with Crippen molar-refractivity contribution < 1.29 is 5.11 Å². The predicted octanol–water partition coefficient (Wildman–Crippen LogP) is 1.37. The van der Waals surface area contributed by atoms with Crippen molar-refractivity contribution in [3.63, 3.8) is 0 Å². The van der Waals surface area contributed by atoms with Gasteiger partial charge >= 0.3 is 0 Å².